The van der Waals surface area contributed by atoms with Crippen molar-refractivity contribution in [1.29, 1.82) is 0 Å². The Labute approximate surface area is 145 Å². The average molecular weight is 344 g/mol. The summed E-state index contributed by atoms with van der Waals surface area (Å²) in [6.45, 7) is 3.96. The van der Waals surface area contributed by atoms with Crippen molar-refractivity contribution in [3.63, 3.8) is 0 Å². The molecule has 2 N–H and O–H groups in total. The van der Waals surface area contributed by atoms with Crippen molar-refractivity contribution >= 4 is 23.5 Å². The molecular weight excluding hydrogens is 324 g/mol. The molecule has 1 aromatic carbocycles. The van der Waals surface area contributed by atoms with E-state index in [2.05, 4.69) is 5.32 Å². The van der Waals surface area contributed by atoms with Gasteiger partial charge in [0.05, 0.1) is 5.56 Å². The first kappa shape index (κ1) is 18.3. The second-order valence-corrected chi connectivity index (χ2v) is 5.59. The molecule has 1 heterocycles. The summed E-state index contributed by atoms with van der Waals surface area (Å²) in [5.41, 5.74) is 1.49. The number of amides is 2. The Kier molecular flexibility index (Phi) is 5.94. The van der Waals surface area contributed by atoms with Gasteiger partial charge >= 0.3 is 5.97 Å². The fourth-order valence-corrected chi connectivity index (χ4v) is 2.31. The number of carbonyl (C=O) groups excluding carboxylic acids is 2. The summed E-state index contributed by atoms with van der Waals surface area (Å²) in [4.78, 5) is 37.0. The number of carboxylic acids is 1. The third kappa shape index (κ3) is 4.69. The minimum Gasteiger partial charge on any atom is -0.478 e. The van der Waals surface area contributed by atoms with Crippen LogP contribution < -0.4 is 5.32 Å². The van der Waals surface area contributed by atoms with Gasteiger partial charge in [-0.3, -0.25) is 9.59 Å². The molecule has 25 heavy (non-hydrogen) atoms. The summed E-state index contributed by atoms with van der Waals surface area (Å²) in [6, 6.07) is 8.50. The number of aromatic carboxylic acids is 1. The summed E-state index contributed by atoms with van der Waals surface area (Å²) in [6.07, 6.45) is 1.66. The molecule has 2 aromatic rings. The quantitative estimate of drug-likeness (QED) is 0.804. The monoisotopic (exact) mass is 344 g/mol. The molecule has 0 saturated heterocycles. The minimum absolute atomic E-state index is 0.102. The van der Waals surface area contributed by atoms with Gasteiger partial charge in [-0.2, -0.15) is 0 Å². The van der Waals surface area contributed by atoms with Gasteiger partial charge < -0.3 is 19.7 Å². The van der Waals surface area contributed by atoms with Crippen LogP contribution in [0, 0.1) is 6.92 Å². The predicted molar refractivity (Wildman–Crippen MR) is 91.7 cm³/mol. The van der Waals surface area contributed by atoms with Crippen molar-refractivity contribution in [3.05, 3.63) is 53.5 Å². The van der Waals surface area contributed by atoms with Crippen molar-refractivity contribution in [2.75, 3.05) is 18.4 Å². The average Bonchev–Trinajstić information content (AvgIpc) is 3.06. The largest absolute Gasteiger partial charge is 0.478 e. The molecule has 0 radical (unpaired) electrons. The van der Waals surface area contributed by atoms with Crippen LogP contribution in [0.1, 0.15) is 39.8 Å². The van der Waals surface area contributed by atoms with Gasteiger partial charge in [0.2, 0.25) is 5.91 Å². The number of rotatable bonds is 7. The van der Waals surface area contributed by atoms with E-state index in [-0.39, 0.29) is 23.8 Å². The standard InChI is InChI=1S/C18H20N2O5/c1-3-8-20(17(22)15-9-13(11-25-15)18(23)24)10-16(21)19-14-7-5-4-6-12(14)2/h4-7,9,11H,3,8,10H2,1-2H3,(H,19,21)(H,23,24). The lowest BCUT2D eigenvalue weighted by atomic mass is 10.2. The van der Waals surface area contributed by atoms with Crippen LogP contribution in [-0.2, 0) is 4.79 Å². The van der Waals surface area contributed by atoms with E-state index >= 15 is 0 Å². The van der Waals surface area contributed by atoms with Gasteiger partial charge in [0.25, 0.3) is 5.91 Å². The Bertz CT molecular complexity index is 781. The van der Waals surface area contributed by atoms with E-state index in [1.807, 2.05) is 32.0 Å². The first-order valence-corrected chi connectivity index (χ1v) is 7.89. The highest BCUT2D eigenvalue weighted by Crippen LogP contribution is 2.14. The number of aryl methyl sites for hydroxylation is 1. The van der Waals surface area contributed by atoms with Crippen molar-refractivity contribution < 1.29 is 23.9 Å². The van der Waals surface area contributed by atoms with E-state index in [9.17, 15) is 14.4 Å². The molecule has 0 saturated carbocycles. The number of furan rings is 1. The zero-order chi connectivity index (χ0) is 18.4. The SMILES string of the molecule is CCCN(CC(=O)Nc1ccccc1C)C(=O)c1cc(C(=O)O)co1. The topological polar surface area (TPSA) is 99.9 Å². The number of carbonyl (C=O) groups is 3. The molecule has 0 aliphatic heterocycles. The highest BCUT2D eigenvalue weighted by atomic mass is 16.4. The lowest BCUT2D eigenvalue weighted by molar-refractivity contribution is -0.116. The highest BCUT2D eigenvalue weighted by Gasteiger charge is 2.22. The normalized spacial score (nSPS) is 10.3. The van der Waals surface area contributed by atoms with E-state index in [0.717, 1.165) is 17.9 Å². The van der Waals surface area contributed by atoms with Gasteiger partial charge in [-0.25, -0.2) is 4.79 Å². The second kappa shape index (κ2) is 8.14. The summed E-state index contributed by atoms with van der Waals surface area (Å²) in [7, 11) is 0. The Morgan fingerprint density at radius 2 is 1.96 bits per heavy atom. The first-order chi connectivity index (χ1) is 11.9. The maximum absolute atomic E-state index is 12.5. The highest BCUT2D eigenvalue weighted by molar-refractivity contribution is 5.99. The lowest BCUT2D eigenvalue weighted by Crippen LogP contribution is -2.38. The molecule has 0 atom stereocenters. The van der Waals surface area contributed by atoms with Gasteiger partial charge in [0.15, 0.2) is 5.76 Å². The van der Waals surface area contributed by atoms with E-state index in [1.165, 1.54) is 4.90 Å². The fraction of sp³-hybridized carbons (Fsp3) is 0.278. The maximum Gasteiger partial charge on any atom is 0.338 e. The van der Waals surface area contributed by atoms with Crippen molar-refractivity contribution in [2.24, 2.45) is 0 Å². The molecule has 1 aromatic heterocycles. The van der Waals surface area contributed by atoms with Crippen molar-refractivity contribution in [2.45, 2.75) is 20.3 Å². The third-order valence-corrected chi connectivity index (χ3v) is 3.59. The number of benzene rings is 1. The van der Waals surface area contributed by atoms with Crippen molar-refractivity contribution in [3.8, 4) is 0 Å². The number of carboxylic acid groups (broad SMARTS) is 1. The molecule has 0 aliphatic carbocycles. The minimum atomic E-state index is -1.18. The van der Waals surface area contributed by atoms with Crippen LogP contribution in [0.25, 0.3) is 0 Å². The molecule has 2 amide bonds. The number of hydrogen-bond donors (Lipinski definition) is 2. The molecule has 2 rings (SSSR count). The summed E-state index contributed by atoms with van der Waals surface area (Å²) in [5.74, 6) is -2.13. The summed E-state index contributed by atoms with van der Waals surface area (Å²) in [5, 5.41) is 11.7. The van der Waals surface area contributed by atoms with Crippen LogP contribution in [-0.4, -0.2) is 40.9 Å². The number of hydrogen-bond acceptors (Lipinski definition) is 4. The zero-order valence-corrected chi connectivity index (χ0v) is 14.1. The van der Waals surface area contributed by atoms with Gasteiger partial charge in [0.1, 0.15) is 12.8 Å². The molecule has 7 nitrogen and oxygen atoms in total. The molecule has 0 unspecified atom stereocenters. The number of nitrogens with zero attached hydrogens (tertiary/aromatic N) is 1. The van der Waals surface area contributed by atoms with Gasteiger partial charge in [-0.15, -0.1) is 0 Å². The van der Waals surface area contributed by atoms with Crippen LogP contribution >= 0.6 is 0 Å². The van der Waals surface area contributed by atoms with Crippen LogP contribution in [0.2, 0.25) is 0 Å². The van der Waals surface area contributed by atoms with Crippen LogP contribution in [0.15, 0.2) is 41.0 Å². The van der Waals surface area contributed by atoms with E-state index in [4.69, 9.17) is 9.52 Å². The van der Waals surface area contributed by atoms with E-state index in [0.29, 0.717) is 18.7 Å². The Morgan fingerprint density at radius 3 is 2.56 bits per heavy atom. The number of para-hydroxylation sites is 1. The molecule has 0 spiro atoms. The van der Waals surface area contributed by atoms with Gasteiger partial charge in [-0.1, -0.05) is 25.1 Å². The Hall–Kier alpha value is -3.09. The van der Waals surface area contributed by atoms with Crippen LogP contribution in [0.5, 0.6) is 0 Å². The predicted octanol–water partition coefficient (Wildman–Crippen LogP) is 2.78. The smallest absolute Gasteiger partial charge is 0.338 e. The van der Waals surface area contributed by atoms with E-state index < -0.39 is 11.9 Å². The fourth-order valence-electron chi connectivity index (χ4n) is 2.31. The maximum atomic E-state index is 12.5. The molecule has 0 aliphatic rings. The van der Waals surface area contributed by atoms with Gasteiger partial charge in [0, 0.05) is 18.3 Å². The lowest BCUT2D eigenvalue weighted by Gasteiger charge is -2.20. The van der Waals surface area contributed by atoms with Gasteiger partial charge in [-0.05, 0) is 25.0 Å². The zero-order valence-electron chi connectivity index (χ0n) is 14.1. The summed E-state index contributed by atoms with van der Waals surface area (Å²) >= 11 is 0. The van der Waals surface area contributed by atoms with Crippen LogP contribution in [0.4, 0.5) is 5.69 Å². The molecule has 132 valence electrons. The number of nitrogens with one attached hydrogen (secondary N) is 1. The van der Waals surface area contributed by atoms with E-state index in [1.54, 1.807) is 6.07 Å². The van der Waals surface area contributed by atoms with Crippen LogP contribution in [0.3, 0.4) is 0 Å². The molecular formula is C18H20N2O5. The molecule has 0 fully saturated rings. The third-order valence-electron chi connectivity index (χ3n) is 3.59. The summed E-state index contributed by atoms with van der Waals surface area (Å²) < 4.78 is 5.03. The number of anilines is 1. The Morgan fingerprint density at radius 1 is 1.24 bits per heavy atom. The Balaban J connectivity index is 2.08. The van der Waals surface area contributed by atoms with Crippen molar-refractivity contribution in [1.82, 2.24) is 4.90 Å². The molecule has 7 heteroatoms. The first-order valence-electron chi connectivity index (χ1n) is 7.89. The molecule has 0 bridgehead atoms. The second-order valence-electron chi connectivity index (χ2n) is 5.59.